The van der Waals surface area contributed by atoms with Gasteiger partial charge in [0.05, 0.1) is 18.9 Å². The average Bonchev–Trinajstić information content (AvgIpc) is 3.03. The fraction of sp³-hybridized carbons (Fsp3) is 0.571. The van der Waals surface area contributed by atoms with Gasteiger partial charge in [0.1, 0.15) is 5.60 Å². The van der Waals surface area contributed by atoms with Crippen molar-refractivity contribution in [2.75, 3.05) is 7.11 Å². The first kappa shape index (κ1) is 21.7. The maximum Gasteiger partial charge on any atom is 0.408 e. The Labute approximate surface area is 166 Å². The molecule has 0 aliphatic carbocycles. The highest BCUT2D eigenvalue weighted by molar-refractivity contribution is 5.98. The fourth-order valence-corrected chi connectivity index (χ4v) is 3.13. The standard InChI is InChI=1S/C21H30N2O5/c1-14(2)17(22-19(25)27-20(3,4)5)16-13-21(28-23-16,18(24)26-6)12-15-10-8-7-9-11-15/h7-11,14,17H,12-13H2,1-6H3,(H,22,25)/t17-,21?/m0/s1. The third kappa shape index (κ3) is 5.47. The van der Waals surface area contributed by atoms with Crippen LogP contribution in [0, 0.1) is 5.92 Å². The Morgan fingerprint density at radius 2 is 1.89 bits per heavy atom. The molecule has 1 aromatic carbocycles. The Kier molecular flexibility index (Phi) is 6.69. The molecule has 0 saturated carbocycles. The summed E-state index contributed by atoms with van der Waals surface area (Å²) in [7, 11) is 1.33. The second kappa shape index (κ2) is 8.63. The zero-order chi connectivity index (χ0) is 20.9. The summed E-state index contributed by atoms with van der Waals surface area (Å²) in [4.78, 5) is 30.5. The number of carbonyl (C=O) groups excluding carboxylic acids is 2. The fourth-order valence-electron chi connectivity index (χ4n) is 3.13. The van der Waals surface area contributed by atoms with Gasteiger partial charge in [-0.15, -0.1) is 0 Å². The summed E-state index contributed by atoms with van der Waals surface area (Å²) in [6.45, 7) is 9.32. The van der Waals surface area contributed by atoms with Gasteiger partial charge in [0, 0.05) is 12.8 Å². The minimum absolute atomic E-state index is 0.0278. The van der Waals surface area contributed by atoms with Crippen LogP contribution in [0.4, 0.5) is 4.79 Å². The third-order valence-corrected chi connectivity index (χ3v) is 4.39. The Morgan fingerprint density at radius 3 is 2.43 bits per heavy atom. The molecule has 0 saturated heterocycles. The largest absolute Gasteiger partial charge is 0.466 e. The molecule has 2 rings (SSSR count). The van der Waals surface area contributed by atoms with Crippen LogP contribution >= 0.6 is 0 Å². The summed E-state index contributed by atoms with van der Waals surface area (Å²) < 4.78 is 10.4. The maximum absolute atomic E-state index is 12.6. The molecule has 1 amide bonds. The number of alkyl carbamates (subject to hydrolysis) is 1. The molecule has 1 aromatic rings. The number of nitrogens with one attached hydrogen (secondary N) is 1. The van der Waals surface area contributed by atoms with Gasteiger partial charge in [-0.05, 0) is 32.3 Å². The summed E-state index contributed by atoms with van der Waals surface area (Å²) in [5.74, 6) is -0.463. The van der Waals surface area contributed by atoms with Crippen molar-refractivity contribution in [2.45, 2.75) is 64.7 Å². The zero-order valence-electron chi connectivity index (χ0n) is 17.4. The van der Waals surface area contributed by atoms with E-state index >= 15 is 0 Å². The van der Waals surface area contributed by atoms with E-state index in [4.69, 9.17) is 14.3 Å². The molecule has 0 spiro atoms. The lowest BCUT2D eigenvalue weighted by atomic mass is 9.86. The second-order valence-corrected chi connectivity index (χ2v) is 8.37. The van der Waals surface area contributed by atoms with Crippen molar-refractivity contribution in [1.82, 2.24) is 5.32 Å². The van der Waals surface area contributed by atoms with Gasteiger partial charge < -0.3 is 19.6 Å². The lowest BCUT2D eigenvalue weighted by Crippen LogP contribution is -2.48. The minimum Gasteiger partial charge on any atom is -0.466 e. The average molecular weight is 390 g/mol. The van der Waals surface area contributed by atoms with Crippen LogP contribution in [0.2, 0.25) is 0 Å². The van der Waals surface area contributed by atoms with Crippen molar-refractivity contribution >= 4 is 17.8 Å². The molecule has 0 aromatic heterocycles. The predicted molar refractivity (Wildman–Crippen MR) is 106 cm³/mol. The number of amides is 1. The number of hydrogen-bond donors (Lipinski definition) is 1. The molecule has 2 atom stereocenters. The summed E-state index contributed by atoms with van der Waals surface area (Å²) in [5.41, 5.74) is -0.329. The molecule has 0 fully saturated rings. The number of oxime groups is 1. The van der Waals surface area contributed by atoms with Gasteiger partial charge in [0.15, 0.2) is 0 Å². The number of carbonyl (C=O) groups is 2. The van der Waals surface area contributed by atoms with Crippen LogP contribution in [0.3, 0.4) is 0 Å². The Bertz CT molecular complexity index is 724. The quantitative estimate of drug-likeness (QED) is 0.752. The van der Waals surface area contributed by atoms with Crippen LogP contribution in [0.1, 0.15) is 46.6 Å². The zero-order valence-corrected chi connectivity index (χ0v) is 17.4. The van der Waals surface area contributed by atoms with E-state index in [0.29, 0.717) is 12.1 Å². The Hall–Kier alpha value is -2.57. The summed E-state index contributed by atoms with van der Waals surface area (Å²) in [6, 6.07) is 9.13. The van der Waals surface area contributed by atoms with Gasteiger partial charge >= 0.3 is 12.1 Å². The van der Waals surface area contributed by atoms with Crippen LogP contribution < -0.4 is 5.32 Å². The molecule has 0 bridgehead atoms. The van der Waals surface area contributed by atoms with Crippen molar-refractivity contribution in [2.24, 2.45) is 11.1 Å². The molecule has 7 nitrogen and oxygen atoms in total. The third-order valence-electron chi connectivity index (χ3n) is 4.39. The predicted octanol–water partition coefficient (Wildman–Crippen LogP) is 3.47. The molecule has 1 unspecified atom stereocenters. The first-order valence-electron chi connectivity index (χ1n) is 9.43. The minimum atomic E-state index is -1.24. The normalized spacial score (nSPS) is 20.2. The van der Waals surface area contributed by atoms with Gasteiger partial charge in [-0.2, -0.15) is 0 Å². The number of rotatable bonds is 6. The molecule has 1 aliphatic rings. The van der Waals surface area contributed by atoms with Crippen LogP contribution in [0.15, 0.2) is 35.5 Å². The monoisotopic (exact) mass is 390 g/mol. The highest BCUT2D eigenvalue weighted by Gasteiger charge is 2.49. The van der Waals surface area contributed by atoms with Crippen molar-refractivity contribution in [3.05, 3.63) is 35.9 Å². The van der Waals surface area contributed by atoms with E-state index in [1.165, 1.54) is 7.11 Å². The molecular formula is C21H30N2O5. The van der Waals surface area contributed by atoms with Crippen molar-refractivity contribution in [1.29, 1.82) is 0 Å². The Balaban J connectivity index is 2.19. The number of esters is 1. The summed E-state index contributed by atoms with van der Waals surface area (Å²) in [6.07, 6.45) is 0.0189. The second-order valence-electron chi connectivity index (χ2n) is 8.37. The molecule has 0 radical (unpaired) electrons. The van der Waals surface area contributed by atoms with Crippen LogP contribution in [0.25, 0.3) is 0 Å². The number of benzene rings is 1. The van der Waals surface area contributed by atoms with Crippen LogP contribution in [-0.2, 0) is 25.5 Å². The van der Waals surface area contributed by atoms with Gasteiger partial charge in [0.2, 0.25) is 5.60 Å². The maximum atomic E-state index is 12.6. The van der Waals surface area contributed by atoms with Gasteiger partial charge in [0.25, 0.3) is 0 Å². The number of nitrogens with zero attached hydrogens (tertiary/aromatic N) is 1. The topological polar surface area (TPSA) is 86.2 Å². The first-order valence-corrected chi connectivity index (χ1v) is 9.43. The summed E-state index contributed by atoms with van der Waals surface area (Å²) in [5, 5.41) is 7.02. The molecule has 28 heavy (non-hydrogen) atoms. The lowest BCUT2D eigenvalue weighted by Gasteiger charge is -2.27. The van der Waals surface area contributed by atoms with E-state index in [9.17, 15) is 9.59 Å². The van der Waals surface area contributed by atoms with Crippen molar-refractivity contribution in [3.8, 4) is 0 Å². The van der Waals surface area contributed by atoms with Gasteiger partial charge in [-0.1, -0.05) is 49.3 Å². The SMILES string of the molecule is COC(=O)C1(Cc2ccccc2)CC([C@@H](NC(=O)OC(C)(C)C)C(C)C)=NO1. The molecule has 1 aliphatic heterocycles. The summed E-state index contributed by atoms with van der Waals surface area (Å²) >= 11 is 0. The Morgan fingerprint density at radius 1 is 1.25 bits per heavy atom. The highest BCUT2D eigenvalue weighted by Crippen LogP contribution is 2.32. The van der Waals surface area contributed by atoms with E-state index in [-0.39, 0.29) is 12.3 Å². The van der Waals surface area contributed by atoms with E-state index < -0.39 is 29.3 Å². The van der Waals surface area contributed by atoms with Crippen LogP contribution in [-0.4, -0.2) is 42.1 Å². The van der Waals surface area contributed by atoms with Gasteiger partial charge in [-0.25, -0.2) is 9.59 Å². The van der Waals surface area contributed by atoms with Crippen molar-refractivity contribution < 1.29 is 23.9 Å². The van der Waals surface area contributed by atoms with E-state index in [1.807, 2.05) is 44.2 Å². The lowest BCUT2D eigenvalue weighted by molar-refractivity contribution is -0.166. The smallest absolute Gasteiger partial charge is 0.408 e. The van der Waals surface area contributed by atoms with Crippen molar-refractivity contribution in [3.63, 3.8) is 0 Å². The van der Waals surface area contributed by atoms with E-state index in [0.717, 1.165) is 5.56 Å². The number of methoxy groups -OCH3 is 1. The van der Waals surface area contributed by atoms with E-state index in [1.54, 1.807) is 20.8 Å². The first-order chi connectivity index (χ1) is 13.1. The van der Waals surface area contributed by atoms with Crippen LogP contribution in [0.5, 0.6) is 0 Å². The number of ether oxygens (including phenoxy) is 2. The highest BCUT2D eigenvalue weighted by atomic mass is 16.7. The molecule has 154 valence electrons. The molecule has 7 heteroatoms. The molecular weight excluding hydrogens is 360 g/mol. The molecule has 1 N–H and O–H groups in total. The van der Waals surface area contributed by atoms with E-state index in [2.05, 4.69) is 10.5 Å². The van der Waals surface area contributed by atoms with Gasteiger partial charge in [-0.3, -0.25) is 0 Å². The number of hydrogen-bond acceptors (Lipinski definition) is 6. The molecule has 1 heterocycles.